The molecule has 2 aromatic carbocycles. The molecule has 0 aromatic heterocycles. The summed E-state index contributed by atoms with van der Waals surface area (Å²) in [6.07, 6.45) is 14.4. The Balaban J connectivity index is 1.32. The molecule has 4 nitrogen and oxygen atoms in total. The predicted molar refractivity (Wildman–Crippen MR) is 140 cm³/mol. The van der Waals surface area contributed by atoms with Gasteiger partial charge in [-0.25, -0.2) is 0 Å². The number of carbonyl (C=O) groups is 2. The molecule has 0 unspecified atom stereocenters. The summed E-state index contributed by atoms with van der Waals surface area (Å²) in [6, 6.07) is 12.2. The maximum Gasteiger partial charge on any atom is 0.251 e. The lowest BCUT2D eigenvalue weighted by Gasteiger charge is -2.29. The van der Waals surface area contributed by atoms with Gasteiger partial charge in [-0.15, -0.1) is 0 Å². The summed E-state index contributed by atoms with van der Waals surface area (Å²) in [5.41, 5.74) is 1.40. The van der Waals surface area contributed by atoms with Crippen LogP contribution in [0.15, 0.2) is 36.4 Å². The van der Waals surface area contributed by atoms with Crippen molar-refractivity contribution in [1.82, 2.24) is 10.6 Å². The first kappa shape index (κ1) is 24.8. The number of amides is 2. The summed E-state index contributed by atoms with van der Waals surface area (Å²) < 4.78 is 0. The first-order valence-corrected chi connectivity index (χ1v) is 13.7. The number of nitrogens with one attached hydrogen (secondary N) is 2. The van der Waals surface area contributed by atoms with E-state index in [0.717, 1.165) is 48.3 Å². The molecule has 4 rings (SSSR count). The van der Waals surface area contributed by atoms with E-state index >= 15 is 0 Å². The summed E-state index contributed by atoms with van der Waals surface area (Å²) in [5.74, 6) is 1.70. The monoisotopic (exact) mass is 462 g/mol. The van der Waals surface area contributed by atoms with E-state index in [9.17, 15) is 9.59 Å². The van der Waals surface area contributed by atoms with Crippen LogP contribution in [0.5, 0.6) is 0 Å². The minimum Gasteiger partial charge on any atom is -0.349 e. The van der Waals surface area contributed by atoms with E-state index in [1.54, 1.807) is 0 Å². The maximum atomic E-state index is 12.8. The Morgan fingerprint density at radius 1 is 0.647 bits per heavy atom. The van der Waals surface area contributed by atoms with Crippen molar-refractivity contribution in [2.24, 2.45) is 11.8 Å². The fourth-order valence-electron chi connectivity index (χ4n) is 6.07. The van der Waals surface area contributed by atoms with Gasteiger partial charge in [0, 0.05) is 23.2 Å². The number of hydrogen-bond acceptors (Lipinski definition) is 2. The van der Waals surface area contributed by atoms with Crippen molar-refractivity contribution in [3.05, 3.63) is 47.5 Å². The number of rotatable bonds is 8. The van der Waals surface area contributed by atoms with Crippen LogP contribution in [0.1, 0.15) is 112 Å². The largest absolute Gasteiger partial charge is 0.349 e. The molecule has 2 aliphatic rings. The first-order valence-electron chi connectivity index (χ1n) is 13.7. The molecule has 0 bridgehead atoms. The van der Waals surface area contributed by atoms with Crippen LogP contribution in [0.4, 0.5) is 0 Å². The molecule has 2 aliphatic carbocycles. The van der Waals surface area contributed by atoms with Gasteiger partial charge < -0.3 is 10.6 Å². The molecule has 2 amide bonds. The van der Waals surface area contributed by atoms with Gasteiger partial charge in [0.1, 0.15) is 0 Å². The second-order valence-corrected chi connectivity index (χ2v) is 10.7. The Hall–Kier alpha value is -2.36. The van der Waals surface area contributed by atoms with Crippen molar-refractivity contribution in [2.45, 2.75) is 103 Å². The van der Waals surface area contributed by atoms with Crippen molar-refractivity contribution < 1.29 is 9.59 Å². The summed E-state index contributed by atoms with van der Waals surface area (Å²) >= 11 is 0. The number of carbonyl (C=O) groups excluding carboxylic acids is 2. The third-order valence-corrected chi connectivity index (χ3v) is 8.12. The molecular formula is C30H42N2O2. The van der Waals surface area contributed by atoms with E-state index in [4.69, 9.17) is 0 Å². The minimum absolute atomic E-state index is 0.0151. The lowest BCUT2D eigenvalue weighted by molar-refractivity contribution is 0.0912. The molecule has 2 fully saturated rings. The van der Waals surface area contributed by atoms with E-state index in [0.29, 0.717) is 23.2 Å². The highest BCUT2D eigenvalue weighted by molar-refractivity contribution is 6.02. The molecule has 0 atom stereocenters. The van der Waals surface area contributed by atoms with E-state index < -0.39 is 0 Å². The SMILES string of the molecule is CCCC1CCC(NC(=O)c2ccc3cc(C(=O)NC4CCC(CCC)CC4)ccc3c2)CC1. The average molecular weight is 463 g/mol. The topological polar surface area (TPSA) is 58.2 Å². The zero-order valence-corrected chi connectivity index (χ0v) is 21.1. The van der Waals surface area contributed by atoms with Gasteiger partial charge in [-0.05, 0) is 98.2 Å². The van der Waals surface area contributed by atoms with Gasteiger partial charge in [0.2, 0.25) is 0 Å². The van der Waals surface area contributed by atoms with Gasteiger partial charge in [-0.1, -0.05) is 51.7 Å². The molecule has 0 spiro atoms. The molecule has 0 aliphatic heterocycles. The van der Waals surface area contributed by atoms with Crippen LogP contribution in [0.2, 0.25) is 0 Å². The number of fused-ring (bicyclic) bond motifs is 1. The number of benzene rings is 2. The van der Waals surface area contributed by atoms with Crippen molar-refractivity contribution in [3.8, 4) is 0 Å². The standard InChI is InChI=1S/C30H42N2O2/c1-3-5-21-7-15-27(16-8-21)31-29(33)25-13-11-24-20-26(14-12-23(24)19-25)30(34)32-28-17-9-22(6-4-2)10-18-28/h11-14,19-22,27-28H,3-10,15-18H2,1-2H3,(H,31,33)(H,32,34). The van der Waals surface area contributed by atoms with E-state index in [2.05, 4.69) is 24.5 Å². The van der Waals surface area contributed by atoms with Gasteiger partial charge in [-0.2, -0.15) is 0 Å². The van der Waals surface area contributed by atoms with Gasteiger partial charge >= 0.3 is 0 Å². The molecule has 0 saturated heterocycles. The normalized spacial score (nSPS) is 25.1. The van der Waals surface area contributed by atoms with Gasteiger partial charge in [0.05, 0.1) is 0 Å². The molecule has 0 heterocycles. The van der Waals surface area contributed by atoms with Crippen molar-refractivity contribution >= 4 is 22.6 Å². The van der Waals surface area contributed by atoms with Crippen LogP contribution in [0, 0.1) is 11.8 Å². The number of hydrogen-bond donors (Lipinski definition) is 2. The molecule has 34 heavy (non-hydrogen) atoms. The van der Waals surface area contributed by atoms with Gasteiger partial charge in [0.15, 0.2) is 0 Å². The highest BCUT2D eigenvalue weighted by atomic mass is 16.2. The lowest BCUT2D eigenvalue weighted by Crippen LogP contribution is -2.37. The summed E-state index contributed by atoms with van der Waals surface area (Å²) in [5, 5.41) is 8.48. The molecule has 184 valence electrons. The first-order chi connectivity index (χ1) is 16.6. The van der Waals surface area contributed by atoms with Crippen LogP contribution in [0.3, 0.4) is 0 Å². The summed E-state index contributed by atoms with van der Waals surface area (Å²) in [4.78, 5) is 25.7. The Morgan fingerprint density at radius 2 is 1.03 bits per heavy atom. The molecule has 2 saturated carbocycles. The highest BCUT2D eigenvalue weighted by Crippen LogP contribution is 2.29. The van der Waals surface area contributed by atoms with Crippen LogP contribution < -0.4 is 10.6 Å². The zero-order chi connectivity index (χ0) is 23.9. The molecule has 4 heteroatoms. The Bertz CT molecular complexity index is 890. The van der Waals surface area contributed by atoms with Crippen LogP contribution >= 0.6 is 0 Å². The van der Waals surface area contributed by atoms with E-state index in [1.165, 1.54) is 51.4 Å². The molecule has 0 radical (unpaired) electrons. The summed E-state index contributed by atoms with van der Waals surface area (Å²) in [6.45, 7) is 4.50. The average Bonchev–Trinajstić information content (AvgIpc) is 2.86. The van der Waals surface area contributed by atoms with Crippen LogP contribution in [0.25, 0.3) is 10.8 Å². The highest BCUT2D eigenvalue weighted by Gasteiger charge is 2.23. The van der Waals surface area contributed by atoms with Gasteiger partial charge in [-0.3, -0.25) is 9.59 Å². The van der Waals surface area contributed by atoms with Crippen molar-refractivity contribution in [3.63, 3.8) is 0 Å². The zero-order valence-electron chi connectivity index (χ0n) is 21.1. The smallest absolute Gasteiger partial charge is 0.251 e. The molecule has 2 aromatic rings. The predicted octanol–water partition coefficient (Wildman–Crippen LogP) is 7.02. The Kier molecular flexibility index (Phi) is 8.64. The fraction of sp³-hybridized carbons (Fsp3) is 0.600. The third-order valence-electron chi connectivity index (χ3n) is 8.12. The second kappa shape index (κ2) is 11.9. The van der Waals surface area contributed by atoms with Crippen LogP contribution in [-0.4, -0.2) is 23.9 Å². The Labute approximate surface area is 205 Å². The maximum absolute atomic E-state index is 12.8. The van der Waals surface area contributed by atoms with E-state index in [1.807, 2.05) is 36.4 Å². The lowest BCUT2D eigenvalue weighted by atomic mass is 9.83. The second-order valence-electron chi connectivity index (χ2n) is 10.7. The Morgan fingerprint density at radius 3 is 1.38 bits per heavy atom. The third kappa shape index (κ3) is 6.40. The minimum atomic E-state index is 0.0151. The van der Waals surface area contributed by atoms with Crippen LogP contribution in [-0.2, 0) is 0 Å². The molecule has 2 N–H and O–H groups in total. The fourth-order valence-corrected chi connectivity index (χ4v) is 6.07. The molecular weight excluding hydrogens is 420 g/mol. The van der Waals surface area contributed by atoms with Crippen molar-refractivity contribution in [2.75, 3.05) is 0 Å². The summed E-state index contributed by atoms with van der Waals surface area (Å²) in [7, 11) is 0. The van der Waals surface area contributed by atoms with E-state index in [-0.39, 0.29) is 11.8 Å². The quantitative estimate of drug-likeness (QED) is 0.443. The van der Waals surface area contributed by atoms with Crippen molar-refractivity contribution in [1.29, 1.82) is 0 Å². The van der Waals surface area contributed by atoms with Gasteiger partial charge in [0.25, 0.3) is 11.8 Å².